The molecule has 0 spiro atoms. The van der Waals surface area contributed by atoms with Gasteiger partial charge in [0.1, 0.15) is 5.75 Å². The Morgan fingerprint density at radius 3 is 2.58 bits per heavy atom. The van der Waals surface area contributed by atoms with Gasteiger partial charge in [-0.05, 0) is 18.2 Å². The van der Waals surface area contributed by atoms with E-state index in [2.05, 4.69) is 9.97 Å². The van der Waals surface area contributed by atoms with Gasteiger partial charge in [-0.25, -0.2) is 9.78 Å². The van der Waals surface area contributed by atoms with Crippen LogP contribution in [0.5, 0.6) is 5.75 Å². The number of nitrogens with one attached hydrogen (secondary N) is 1. The molecule has 0 atom stereocenters. The number of hydrogen-bond acceptors (Lipinski definition) is 3. The Hall–Kier alpha value is -2.31. The van der Waals surface area contributed by atoms with Crippen LogP contribution in [0.1, 0.15) is 5.56 Å². The molecule has 1 heterocycles. The van der Waals surface area contributed by atoms with Crippen LogP contribution in [-0.4, -0.2) is 17.1 Å². The number of hydrogen-bond donors (Lipinski definition) is 1. The van der Waals surface area contributed by atoms with Gasteiger partial charge < -0.3 is 9.72 Å². The second-order valence-corrected chi connectivity index (χ2v) is 3.72. The summed E-state index contributed by atoms with van der Waals surface area (Å²) >= 11 is 0. The van der Waals surface area contributed by atoms with Crippen LogP contribution in [0.15, 0.2) is 35.4 Å². The van der Waals surface area contributed by atoms with Crippen molar-refractivity contribution in [2.24, 2.45) is 0 Å². The van der Waals surface area contributed by atoms with Crippen molar-refractivity contribution in [3.63, 3.8) is 0 Å². The van der Waals surface area contributed by atoms with Crippen LogP contribution in [0, 0.1) is 0 Å². The van der Waals surface area contributed by atoms with Gasteiger partial charge in [0.2, 0.25) is 0 Å². The van der Waals surface area contributed by atoms with E-state index in [9.17, 15) is 18.0 Å². The van der Waals surface area contributed by atoms with E-state index in [1.165, 1.54) is 25.6 Å². The molecule has 0 aliphatic rings. The number of aromatic nitrogens is 2. The molecular weight excluding hydrogens is 261 g/mol. The van der Waals surface area contributed by atoms with E-state index in [0.717, 1.165) is 12.1 Å². The summed E-state index contributed by atoms with van der Waals surface area (Å²) in [7, 11) is 1.35. The normalized spacial score (nSPS) is 11.4. The van der Waals surface area contributed by atoms with Crippen molar-refractivity contribution in [1.82, 2.24) is 9.97 Å². The Balaban J connectivity index is 2.59. The van der Waals surface area contributed by atoms with Crippen LogP contribution in [0.4, 0.5) is 13.2 Å². The molecule has 0 saturated heterocycles. The van der Waals surface area contributed by atoms with Crippen LogP contribution in [-0.2, 0) is 6.18 Å². The molecule has 1 aromatic carbocycles. The molecule has 0 bridgehead atoms. The predicted molar refractivity (Wildman–Crippen MR) is 61.8 cm³/mol. The van der Waals surface area contributed by atoms with Gasteiger partial charge in [-0.15, -0.1) is 0 Å². The van der Waals surface area contributed by atoms with E-state index >= 15 is 0 Å². The molecule has 1 aromatic heterocycles. The van der Waals surface area contributed by atoms with Crippen molar-refractivity contribution in [2.45, 2.75) is 6.18 Å². The fraction of sp³-hybridized carbons (Fsp3) is 0.167. The fourth-order valence-corrected chi connectivity index (χ4v) is 1.60. The number of alkyl halides is 3. The highest BCUT2D eigenvalue weighted by Crippen LogP contribution is 2.36. The molecule has 0 radical (unpaired) electrons. The van der Waals surface area contributed by atoms with Crippen molar-refractivity contribution in [3.8, 4) is 16.9 Å². The smallest absolute Gasteiger partial charge is 0.416 e. The molecule has 100 valence electrons. The van der Waals surface area contributed by atoms with Gasteiger partial charge in [-0.2, -0.15) is 13.2 Å². The molecule has 0 saturated carbocycles. The second kappa shape index (κ2) is 4.75. The standard InChI is InChI=1S/C12H9F3N2O2/c1-19-10-3-2-8(12(13,14)15)4-9(10)7-5-16-11(18)17-6-7/h2-6H,1H3,(H,16,17,18). The second-order valence-electron chi connectivity index (χ2n) is 3.72. The Morgan fingerprint density at radius 1 is 1.32 bits per heavy atom. The zero-order chi connectivity index (χ0) is 14.0. The van der Waals surface area contributed by atoms with Gasteiger partial charge >= 0.3 is 11.9 Å². The van der Waals surface area contributed by atoms with Gasteiger partial charge in [0.05, 0.1) is 12.7 Å². The van der Waals surface area contributed by atoms with E-state index in [1.54, 1.807) is 0 Å². The first-order chi connectivity index (χ1) is 8.91. The summed E-state index contributed by atoms with van der Waals surface area (Å²) in [6.45, 7) is 0. The number of methoxy groups -OCH3 is 1. The molecule has 2 rings (SSSR count). The van der Waals surface area contributed by atoms with Crippen LogP contribution in [0.3, 0.4) is 0 Å². The van der Waals surface area contributed by atoms with Crippen molar-refractivity contribution < 1.29 is 17.9 Å². The average molecular weight is 270 g/mol. The lowest BCUT2D eigenvalue weighted by molar-refractivity contribution is -0.137. The molecule has 0 amide bonds. The lowest BCUT2D eigenvalue weighted by atomic mass is 10.0. The van der Waals surface area contributed by atoms with Crippen LogP contribution >= 0.6 is 0 Å². The molecule has 7 heteroatoms. The van der Waals surface area contributed by atoms with E-state index in [1.807, 2.05) is 0 Å². The SMILES string of the molecule is COc1ccc(C(F)(F)F)cc1-c1cnc(=O)[nH]c1. The molecule has 19 heavy (non-hydrogen) atoms. The monoisotopic (exact) mass is 270 g/mol. The number of H-pyrrole nitrogens is 1. The molecule has 0 fully saturated rings. The molecular formula is C12H9F3N2O2. The number of nitrogens with zero attached hydrogens (tertiary/aromatic N) is 1. The number of rotatable bonds is 2. The summed E-state index contributed by atoms with van der Waals surface area (Å²) in [6.07, 6.45) is -1.97. The third-order valence-electron chi connectivity index (χ3n) is 2.51. The quantitative estimate of drug-likeness (QED) is 0.912. The first kappa shape index (κ1) is 13.1. The molecule has 2 aromatic rings. The minimum Gasteiger partial charge on any atom is -0.496 e. The van der Waals surface area contributed by atoms with E-state index in [0.29, 0.717) is 5.56 Å². The number of ether oxygens (including phenoxy) is 1. The molecule has 1 N–H and O–H groups in total. The number of benzene rings is 1. The highest BCUT2D eigenvalue weighted by Gasteiger charge is 2.31. The summed E-state index contributed by atoms with van der Waals surface area (Å²) in [4.78, 5) is 16.6. The summed E-state index contributed by atoms with van der Waals surface area (Å²) in [5.41, 5.74) is -0.826. The minimum absolute atomic E-state index is 0.209. The largest absolute Gasteiger partial charge is 0.496 e. The van der Waals surface area contributed by atoms with Gasteiger partial charge in [0.15, 0.2) is 0 Å². The van der Waals surface area contributed by atoms with Gasteiger partial charge in [0.25, 0.3) is 0 Å². The van der Waals surface area contributed by atoms with Crippen molar-refractivity contribution in [3.05, 3.63) is 46.6 Å². The first-order valence-corrected chi connectivity index (χ1v) is 5.22. The van der Waals surface area contributed by atoms with Crippen LogP contribution in [0.2, 0.25) is 0 Å². The number of halogens is 3. The highest BCUT2D eigenvalue weighted by atomic mass is 19.4. The first-order valence-electron chi connectivity index (χ1n) is 5.22. The van der Waals surface area contributed by atoms with Gasteiger partial charge in [-0.3, -0.25) is 0 Å². The van der Waals surface area contributed by atoms with E-state index in [4.69, 9.17) is 4.74 Å². The van der Waals surface area contributed by atoms with Crippen LogP contribution in [0.25, 0.3) is 11.1 Å². The molecule has 0 unspecified atom stereocenters. The minimum atomic E-state index is -4.45. The maximum absolute atomic E-state index is 12.7. The van der Waals surface area contributed by atoms with Gasteiger partial charge in [-0.1, -0.05) is 0 Å². The topological polar surface area (TPSA) is 55.0 Å². The zero-order valence-corrected chi connectivity index (χ0v) is 9.78. The lowest BCUT2D eigenvalue weighted by Gasteiger charge is -2.12. The number of aromatic amines is 1. The third-order valence-corrected chi connectivity index (χ3v) is 2.51. The third kappa shape index (κ3) is 2.75. The van der Waals surface area contributed by atoms with Crippen molar-refractivity contribution in [2.75, 3.05) is 7.11 Å². The zero-order valence-electron chi connectivity index (χ0n) is 9.78. The summed E-state index contributed by atoms with van der Waals surface area (Å²) in [5, 5.41) is 0. The van der Waals surface area contributed by atoms with Crippen LogP contribution < -0.4 is 10.4 Å². The summed E-state index contributed by atoms with van der Waals surface area (Å²) in [5.74, 6) is 0.266. The Kier molecular flexibility index (Phi) is 3.28. The summed E-state index contributed by atoms with van der Waals surface area (Å²) < 4.78 is 43.0. The van der Waals surface area contributed by atoms with Gasteiger partial charge in [0, 0.05) is 23.5 Å². The van der Waals surface area contributed by atoms with Crippen molar-refractivity contribution in [1.29, 1.82) is 0 Å². The van der Waals surface area contributed by atoms with Crippen molar-refractivity contribution >= 4 is 0 Å². The Labute approximate surface area is 105 Å². The Bertz CT molecular complexity index is 630. The van der Waals surface area contributed by atoms with E-state index < -0.39 is 17.4 Å². The highest BCUT2D eigenvalue weighted by molar-refractivity contribution is 5.70. The lowest BCUT2D eigenvalue weighted by Crippen LogP contribution is -2.09. The molecule has 0 aliphatic carbocycles. The molecule has 0 aliphatic heterocycles. The Morgan fingerprint density at radius 2 is 2.05 bits per heavy atom. The van der Waals surface area contributed by atoms with E-state index in [-0.39, 0.29) is 11.3 Å². The maximum Gasteiger partial charge on any atom is 0.416 e. The predicted octanol–water partition coefficient (Wildman–Crippen LogP) is 2.46. The molecule has 4 nitrogen and oxygen atoms in total. The fourth-order valence-electron chi connectivity index (χ4n) is 1.60. The average Bonchev–Trinajstić information content (AvgIpc) is 2.38. The summed E-state index contributed by atoms with van der Waals surface area (Å²) in [6, 6.07) is 3.11. The maximum atomic E-state index is 12.7.